The van der Waals surface area contributed by atoms with Crippen molar-refractivity contribution in [1.29, 1.82) is 0 Å². The van der Waals surface area contributed by atoms with Crippen molar-refractivity contribution in [2.24, 2.45) is 0 Å². The molecule has 364 valence electrons. The normalized spacial score (nSPS) is 12.2. The predicted octanol–water partition coefficient (Wildman–Crippen LogP) is 19.1. The Morgan fingerprint density at radius 2 is 0.814 bits per heavy atom. The molecule has 0 radical (unpaired) electrons. The fourth-order valence-corrected chi connectivity index (χ4v) is 11.2. The number of nitrogens with zero attached hydrogens (tertiary/aromatic N) is 4. The monoisotopic (exact) mass is 1110 g/mol. The molecule has 5 aromatic rings. The van der Waals surface area contributed by atoms with Gasteiger partial charge in [-0.15, -0.1) is 27.6 Å². The standard InChI is InChI=1S/C63H79IN4Si.Zn/c1-8-12-16-20-24-47(25-21-17-13-9-2)60-52-36-40-56(65-52)62(49-30-28-46(29-31-49)44-45-69(5,6)7)57-41-37-53(66-57)61(48(26-22-18-14-10-3)27-23-19-15-11-4)55-39-43-59(68-55)63(58-42-38-54(60)67-58)50-32-34-51(64)35-33-50;/h28-43,47-48H,8-27H2,1-7H3;/q-2;+2. The first-order valence-corrected chi connectivity index (χ1v) is 31.6. The van der Waals surface area contributed by atoms with Crippen LogP contribution in [0, 0.1) is 15.0 Å². The molecule has 5 heterocycles. The van der Waals surface area contributed by atoms with E-state index >= 15 is 0 Å². The molecule has 0 saturated heterocycles. The molecule has 2 aliphatic rings. The third kappa shape index (κ3) is 15.1. The minimum atomic E-state index is -1.54. The van der Waals surface area contributed by atoms with Gasteiger partial charge >= 0.3 is 19.5 Å². The average molecular weight is 1110 g/mol. The summed E-state index contributed by atoms with van der Waals surface area (Å²) in [5, 5.41) is 0. The Hall–Kier alpha value is -3.83. The third-order valence-corrected chi connectivity index (χ3v) is 15.6. The van der Waals surface area contributed by atoms with Gasteiger partial charge in [-0.25, -0.2) is 9.97 Å². The second kappa shape index (κ2) is 27.8. The van der Waals surface area contributed by atoms with Crippen LogP contribution in [0.5, 0.6) is 0 Å². The molecule has 4 nitrogen and oxygen atoms in total. The molecule has 0 unspecified atom stereocenters. The van der Waals surface area contributed by atoms with Gasteiger partial charge in [0, 0.05) is 9.13 Å². The van der Waals surface area contributed by atoms with Crippen LogP contribution in [-0.2, 0) is 19.5 Å². The summed E-state index contributed by atoms with van der Waals surface area (Å²) in [6.07, 6.45) is 33.5. The number of rotatable bonds is 24. The van der Waals surface area contributed by atoms with Crippen molar-refractivity contribution in [3.05, 3.63) is 116 Å². The molecular weight excluding hydrogens is 1030 g/mol. The minimum absolute atomic E-state index is 0. The van der Waals surface area contributed by atoms with Crippen LogP contribution in [0.4, 0.5) is 0 Å². The fraction of sp³-hybridized carbons (Fsp3) is 0.460. The second-order valence-electron chi connectivity index (χ2n) is 20.8. The average Bonchev–Trinajstić information content (AvgIpc) is 4.20. The van der Waals surface area contributed by atoms with Gasteiger partial charge in [0.25, 0.3) is 0 Å². The molecule has 0 atom stereocenters. The first-order valence-electron chi connectivity index (χ1n) is 27.1. The zero-order chi connectivity index (χ0) is 48.6. The minimum Gasteiger partial charge on any atom is -0.657 e. The van der Waals surface area contributed by atoms with Gasteiger partial charge in [0.1, 0.15) is 8.07 Å². The van der Waals surface area contributed by atoms with E-state index in [1.165, 1.54) is 117 Å². The van der Waals surface area contributed by atoms with E-state index in [1.807, 2.05) is 0 Å². The van der Waals surface area contributed by atoms with Crippen LogP contribution in [0.1, 0.15) is 207 Å². The van der Waals surface area contributed by atoms with E-state index in [9.17, 15) is 0 Å². The molecule has 7 heteroatoms. The molecule has 0 N–H and O–H groups in total. The van der Waals surface area contributed by atoms with Crippen molar-refractivity contribution in [3.63, 3.8) is 0 Å². The Bertz CT molecular complexity index is 2690. The maximum atomic E-state index is 5.71. The molecule has 7 rings (SSSR count). The summed E-state index contributed by atoms with van der Waals surface area (Å²) in [5.74, 6) is 4.18. The maximum Gasteiger partial charge on any atom is 2.00 e. The van der Waals surface area contributed by atoms with Crippen LogP contribution in [0.2, 0.25) is 19.6 Å². The molecule has 2 aromatic carbocycles. The summed E-state index contributed by atoms with van der Waals surface area (Å²) in [5.41, 5.74) is 19.6. The number of fused-ring (bicyclic) bond motifs is 8. The van der Waals surface area contributed by atoms with Crippen molar-refractivity contribution in [2.45, 2.75) is 188 Å². The van der Waals surface area contributed by atoms with Gasteiger partial charge in [-0.3, -0.25) is 0 Å². The second-order valence-corrected chi connectivity index (χ2v) is 26.8. The van der Waals surface area contributed by atoms with Gasteiger partial charge in [0.05, 0.1) is 22.8 Å². The summed E-state index contributed by atoms with van der Waals surface area (Å²) in [7, 11) is -1.54. The zero-order valence-electron chi connectivity index (χ0n) is 43.9. The van der Waals surface area contributed by atoms with Gasteiger partial charge < -0.3 is 9.97 Å². The SMILES string of the molecule is CCCCCCC(CCCCCC)c1c2nc(c(-c3ccc(C#C[Si](C)(C)C)cc3)c3ccc([n-]3)c(C(CCCCCC)CCCCCC)c3nc(c(-c4ccc(I)cc4)c4ccc1[n-]4)C=C3)C=C2.[Zn+2]. The van der Waals surface area contributed by atoms with Crippen LogP contribution in [0.3, 0.4) is 0 Å². The Balaban J connectivity index is 0.00000804. The quantitative estimate of drug-likeness (QED) is 0.0262. The Kier molecular flexibility index (Phi) is 22.1. The smallest absolute Gasteiger partial charge is 0.657 e. The molecule has 0 amide bonds. The van der Waals surface area contributed by atoms with E-state index in [2.05, 4.69) is 178 Å². The van der Waals surface area contributed by atoms with Crippen molar-refractivity contribution in [3.8, 4) is 33.7 Å². The van der Waals surface area contributed by atoms with Crippen LogP contribution >= 0.6 is 22.6 Å². The first-order chi connectivity index (χ1) is 33.6. The molecule has 8 bridgehead atoms. The van der Waals surface area contributed by atoms with Gasteiger partial charge in [0.15, 0.2) is 0 Å². The maximum absolute atomic E-state index is 5.71. The summed E-state index contributed by atoms with van der Waals surface area (Å²) in [4.78, 5) is 22.8. The number of aromatic nitrogens is 4. The Morgan fingerprint density at radius 1 is 0.457 bits per heavy atom. The summed E-state index contributed by atoms with van der Waals surface area (Å²) in [6, 6.07) is 26.9. The van der Waals surface area contributed by atoms with Gasteiger partial charge in [-0.2, -0.15) is 0 Å². The number of unbranched alkanes of at least 4 members (excludes halogenated alkanes) is 12. The fourth-order valence-electron chi connectivity index (χ4n) is 10.3. The molecule has 0 fully saturated rings. The zero-order valence-corrected chi connectivity index (χ0v) is 50.0. The van der Waals surface area contributed by atoms with Crippen LogP contribution < -0.4 is 9.97 Å². The van der Waals surface area contributed by atoms with E-state index in [-0.39, 0.29) is 19.5 Å². The van der Waals surface area contributed by atoms with Crippen LogP contribution in [0.25, 0.3) is 68.6 Å². The molecule has 0 spiro atoms. The van der Waals surface area contributed by atoms with Gasteiger partial charge in [0.2, 0.25) is 0 Å². The largest absolute Gasteiger partial charge is 2.00 e. The van der Waals surface area contributed by atoms with E-state index in [4.69, 9.17) is 19.9 Å². The Labute approximate surface area is 450 Å². The number of halogens is 1. The van der Waals surface area contributed by atoms with Crippen molar-refractivity contribution >= 4 is 77.0 Å². The number of hydrogen-bond donors (Lipinski definition) is 0. The van der Waals surface area contributed by atoms with Gasteiger partial charge in [-0.1, -0.05) is 205 Å². The van der Waals surface area contributed by atoms with E-state index in [1.54, 1.807) is 0 Å². The molecule has 70 heavy (non-hydrogen) atoms. The van der Waals surface area contributed by atoms with Crippen molar-refractivity contribution in [2.75, 3.05) is 0 Å². The van der Waals surface area contributed by atoms with E-state index in [0.29, 0.717) is 11.8 Å². The third-order valence-electron chi connectivity index (χ3n) is 14.0. The van der Waals surface area contributed by atoms with Crippen LogP contribution in [-0.4, -0.2) is 18.0 Å². The first kappa shape index (κ1) is 55.5. The molecular formula is C63H79IN4SiZn. The molecule has 0 saturated carbocycles. The molecule has 0 aliphatic carbocycles. The van der Waals surface area contributed by atoms with E-state index < -0.39 is 8.07 Å². The van der Waals surface area contributed by atoms with Crippen molar-refractivity contribution < 1.29 is 19.5 Å². The summed E-state index contributed by atoms with van der Waals surface area (Å²) in [6.45, 7) is 16.1. The van der Waals surface area contributed by atoms with Gasteiger partial charge in [-0.05, 0) is 142 Å². The molecule has 3 aromatic heterocycles. The number of benzene rings is 2. The summed E-state index contributed by atoms with van der Waals surface area (Å²) >= 11 is 2.42. The topological polar surface area (TPSA) is 54.0 Å². The predicted molar refractivity (Wildman–Crippen MR) is 311 cm³/mol. The Morgan fingerprint density at radius 3 is 1.19 bits per heavy atom. The number of hydrogen-bond acceptors (Lipinski definition) is 2. The van der Waals surface area contributed by atoms with Crippen LogP contribution in [0.15, 0.2) is 72.8 Å². The van der Waals surface area contributed by atoms with Crippen molar-refractivity contribution in [1.82, 2.24) is 19.9 Å². The molecule has 2 aliphatic heterocycles. The van der Waals surface area contributed by atoms with E-state index in [0.717, 1.165) is 98.3 Å². The summed E-state index contributed by atoms with van der Waals surface area (Å²) < 4.78 is 1.21.